The minimum atomic E-state index is 0.833. The maximum Gasteiger partial charge on any atom is 0.0628 e. The Labute approximate surface area is 86.3 Å². The van der Waals surface area contributed by atoms with Gasteiger partial charge in [-0.15, -0.1) is 12.3 Å². The fourth-order valence-corrected chi connectivity index (χ4v) is 1.79. The predicted molar refractivity (Wildman–Crippen MR) is 59.1 cm³/mol. The van der Waals surface area contributed by atoms with Crippen molar-refractivity contribution in [2.75, 3.05) is 0 Å². The van der Waals surface area contributed by atoms with Gasteiger partial charge in [0.2, 0.25) is 0 Å². The molecule has 2 nitrogen and oxygen atoms in total. The molecular formula is C12H18N2. The van der Waals surface area contributed by atoms with E-state index >= 15 is 0 Å². The number of unbranched alkanes of at least 4 members (excludes halogenated alkanes) is 1. The molecule has 0 aliphatic heterocycles. The van der Waals surface area contributed by atoms with Crippen molar-refractivity contribution in [1.82, 2.24) is 9.78 Å². The summed E-state index contributed by atoms with van der Waals surface area (Å²) in [6.07, 6.45) is 8.12. The summed E-state index contributed by atoms with van der Waals surface area (Å²) in [5.74, 6) is 2.65. The molecular weight excluding hydrogens is 172 g/mol. The van der Waals surface area contributed by atoms with Crippen LogP contribution in [0.1, 0.15) is 36.7 Å². The molecule has 0 saturated carbocycles. The zero-order valence-corrected chi connectivity index (χ0v) is 9.30. The fraction of sp³-hybridized carbons (Fsp3) is 0.583. The van der Waals surface area contributed by atoms with Crippen LogP contribution < -0.4 is 0 Å². The normalized spacial score (nSPS) is 10.1. The molecule has 76 valence electrons. The number of rotatable bonds is 4. The SMILES string of the molecule is C#CCCCn1nc(C)c(CC)c1C. The van der Waals surface area contributed by atoms with Crippen molar-refractivity contribution >= 4 is 0 Å². The lowest BCUT2D eigenvalue weighted by molar-refractivity contribution is 0.569. The van der Waals surface area contributed by atoms with Crippen LogP contribution in [0.5, 0.6) is 0 Å². The van der Waals surface area contributed by atoms with Crippen LogP contribution in [-0.2, 0) is 13.0 Å². The smallest absolute Gasteiger partial charge is 0.0628 e. The average Bonchev–Trinajstić information content (AvgIpc) is 2.42. The van der Waals surface area contributed by atoms with Gasteiger partial charge in [-0.3, -0.25) is 4.68 Å². The highest BCUT2D eigenvalue weighted by molar-refractivity contribution is 5.24. The number of nitrogens with zero attached hydrogens (tertiary/aromatic N) is 2. The minimum Gasteiger partial charge on any atom is -0.269 e. The summed E-state index contributed by atoms with van der Waals surface area (Å²) in [4.78, 5) is 0. The number of aryl methyl sites for hydroxylation is 2. The van der Waals surface area contributed by atoms with E-state index in [1.165, 1.54) is 11.3 Å². The molecule has 0 fully saturated rings. The first-order valence-corrected chi connectivity index (χ1v) is 5.17. The summed E-state index contributed by atoms with van der Waals surface area (Å²) in [5, 5.41) is 4.50. The molecule has 0 bridgehead atoms. The Hall–Kier alpha value is -1.23. The van der Waals surface area contributed by atoms with Crippen LogP contribution in [0.4, 0.5) is 0 Å². The molecule has 1 heterocycles. The van der Waals surface area contributed by atoms with E-state index < -0.39 is 0 Å². The second-order valence-corrected chi connectivity index (χ2v) is 3.53. The van der Waals surface area contributed by atoms with Gasteiger partial charge in [-0.05, 0) is 32.3 Å². The molecule has 0 saturated heterocycles. The molecule has 0 aliphatic rings. The van der Waals surface area contributed by atoms with E-state index in [1.54, 1.807) is 0 Å². The van der Waals surface area contributed by atoms with Gasteiger partial charge in [0.25, 0.3) is 0 Å². The predicted octanol–water partition coefficient (Wildman–Crippen LogP) is 2.48. The molecule has 0 aromatic carbocycles. The van der Waals surface area contributed by atoms with Gasteiger partial charge >= 0.3 is 0 Å². The highest BCUT2D eigenvalue weighted by Gasteiger charge is 2.08. The van der Waals surface area contributed by atoms with Crippen LogP contribution >= 0.6 is 0 Å². The molecule has 2 heteroatoms. The first-order valence-electron chi connectivity index (χ1n) is 5.17. The second-order valence-electron chi connectivity index (χ2n) is 3.53. The molecule has 1 aromatic rings. The van der Waals surface area contributed by atoms with Crippen LogP contribution in [0.25, 0.3) is 0 Å². The molecule has 1 rings (SSSR count). The third kappa shape index (κ3) is 2.17. The summed E-state index contributed by atoms with van der Waals surface area (Å²) in [6, 6.07) is 0. The van der Waals surface area contributed by atoms with Crippen molar-refractivity contribution in [3.8, 4) is 12.3 Å². The zero-order chi connectivity index (χ0) is 10.6. The Bertz CT molecular complexity index is 342. The fourth-order valence-electron chi connectivity index (χ4n) is 1.79. The quantitative estimate of drug-likeness (QED) is 0.527. The molecule has 1 aromatic heterocycles. The Morgan fingerprint density at radius 2 is 2.14 bits per heavy atom. The van der Waals surface area contributed by atoms with Gasteiger partial charge in [0, 0.05) is 18.7 Å². The maximum absolute atomic E-state index is 5.21. The maximum atomic E-state index is 5.21. The third-order valence-corrected chi connectivity index (χ3v) is 2.58. The lowest BCUT2D eigenvalue weighted by Gasteiger charge is -2.02. The molecule has 0 amide bonds. The molecule has 14 heavy (non-hydrogen) atoms. The highest BCUT2D eigenvalue weighted by atomic mass is 15.3. The van der Waals surface area contributed by atoms with Crippen LogP contribution in [-0.4, -0.2) is 9.78 Å². The van der Waals surface area contributed by atoms with E-state index in [4.69, 9.17) is 6.42 Å². The topological polar surface area (TPSA) is 17.8 Å². The van der Waals surface area contributed by atoms with Crippen LogP contribution in [0.15, 0.2) is 0 Å². The molecule has 0 unspecified atom stereocenters. The molecule has 0 atom stereocenters. The van der Waals surface area contributed by atoms with Crippen molar-refractivity contribution < 1.29 is 0 Å². The number of hydrogen-bond donors (Lipinski definition) is 0. The second kappa shape index (κ2) is 4.85. The van der Waals surface area contributed by atoms with Gasteiger partial charge in [0.1, 0.15) is 0 Å². The number of aromatic nitrogens is 2. The van der Waals surface area contributed by atoms with Gasteiger partial charge < -0.3 is 0 Å². The lowest BCUT2D eigenvalue weighted by Crippen LogP contribution is -2.02. The Kier molecular flexibility index (Phi) is 3.76. The minimum absolute atomic E-state index is 0.833. The van der Waals surface area contributed by atoms with Gasteiger partial charge in [-0.25, -0.2) is 0 Å². The van der Waals surface area contributed by atoms with Crippen LogP contribution in [0, 0.1) is 26.2 Å². The summed E-state index contributed by atoms with van der Waals surface area (Å²) in [6.45, 7) is 7.32. The molecule has 0 spiro atoms. The highest BCUT2D eigenvalue weighted by Crippen LogP contribution is 2.13. The zero-order valence-electron chi connectivity index (χ0n) is 9.30. The van der Waals surface area contributed by atoms with Gasteiger partial charge in [-0.2, -0.15) is 5.10 Å². The van der Waals surface area contributed by atoms with E-state index in [2.05, 4.69) is 36.5 Å². The summed E-state index contributed by atoms with van der Waals surface area (Å²) in [7, 11) is 0. The Morgan fingerprint density at radius 3 is 2.64 bits per heavy atom. The first kappa shape index (κ1) is 10.8. The van der Waals surface area contributed by atoms with Crippen LogP contribution in [0.2, 0.25) is 0 Å². The van der Waals surface area contributed by atoms with Crippen LogP contribution in [0.3, 0.4) is 0 Å². The van der Waals surface area contributed by atoms with Gasteiger partial charge in [0.15, 0.2) is 0 Å². The van der Waals surface area contributed by atoms with E-state index in [-0.39, 0.29) is 0 Å². The number of hydrogen-bond acceptors (Lipinski definition) is 1. The first-order chi connectivity index (χ1) is 6.70. The molecule has 0 N–H and O–H groups in total. The average molecular weight is 190 g/mol. The van der Waals surface area contributed by atoms with Crippen molar-refractivity contribution in [3.63, 3.8) is 0 Å². The summed E-state index contributed by atoms with van der Waals surface area (Å²) < 4.78 is 2.07. The van der Waals surface area contributed by atoms with E-state index in [1.807, 2.05) is 0 Å². The van der Waals surface area contributed by atoms with Gasteiger partial charge in [-0.1, -0.05) is 6.92 Å². The lowest BCUT2D eigenvalue weighted by atomic mass is 10.1. The van der Waals surface area contributed by atoms with Gasteiger partial charge in [0.05, 0.1) is 5.69 Å². The van der Waals surface area contributed by atoms with E-state index in [9.17, 15) is 0 Å². The van der Waals surface area contributed by atoms with Crippen molar-refractivity contribution in [2.45, 2.75) is 46.6 Å². The van der Waals surface area contributed by atoms with E-state index in [0.717, 1.165) is 31.5 Å². The summed E-state index contributed by atoms with van der Waals surface area (Å²) in [5.41, 5.74) is 3.83. The standard InChI is InChI=1S/C12H18N2/c1-5-7-8-9-14-11(4)12(6-2)10(3)13-14/h1H,6-9H2,2-4H3. The Balaban J connectivity index is 2.74. The summed E-state index contributed by atoms with van der Waals surface area (Å²) >= 11 is 0. The third-order valence-electron chi connectivity index (χ3n) is 2.58. The molecule has 0 radical (unpaired) electrons. The van der Waals surface area contributed by atoms with Crippen molar-refractivity contribution in [1.29, 1.82) is 0 Å². The monoisotopic (exact) mass is 190 g/mol. The van der Waals surface area contributed by atoms with Crippen molar-refractivity contribution in [2.24, 2.45) is 0 Å². The van der Waals surface area contributed by atoms with E-state index in [0.29, 0.717) is 0 Å². The number of terminal acetylenes is 1. The largest absolute Gasteiger partial charge is 0.269 e. The molecule has 0 aliphatic carbocycles. The Morgan fingerprint density at radius 1 is 1.43 bits per heavy atom. The van der Waals surface area contributed by atoms with Crippen molar-refractivity contribution in [3.05, 3.63) is 17.0 Å².